The summed E-state index contributed by atoms with van der Waals surface area (Å²) in [6.45, 7) is 5.98. The van der Waals surface area contributed by atoms with Crippen molar-refractivity contribution < 1.29 is 4.74 Å². The second kappa shape index (κ2) is 6.10. The molecule has 2 rings (SSSR count). The second-order valence-electron chi connectivity index (χ2n) is 5.04. The average Bonchev–Trinajstić information content (AvgIpc) is 2.42. The van der Waals surface area contributed by atoms with Crippen LogP contribution in [-0.4, -0.2) is 53.3 Å². The molecule has 20 heavy (non-hydrogen) atoms. The van der Waals surface area contributed by atoms with Crippen LogP contribution in [-0.2, 0) is 11.8 Å². The highest BCUT2D eigenvalue weighted by Crippen LogP contribution is 2.10. The third-order valence-electron chi connectivity index (χ3n) is 3.40. The average molecular weight is 283 g/mol. The number of rotatable bonds is 4. The van der Waals surface area contributed by atoms with Gasteiger partial charge in [0.15, 0.2) is 0 Å². The summed E-state index contributed by atoms with van der Waals surface area (Å²) in [5.41, 5.74) is 5.05. The van der Waals surface area contributed by atoms with E-state index in [4.69, 9.17) is 10.5 Å². The van der Waals surface area contributed by atoms with Crippen molar-refractivity contribution in [2.75, 3.05) is 43.9 Å². The lowest BCUT2D eigenvalue weighted by Gasteiger charge is -2.29. The van der Waals surface area contributed by atoms with Gasteiger partial charge in [-0.2, -0.15) is 0 Å². The summed E-state index contributed by atoms with van der Waals surface area (Å²) in [7, 11) is 1.52. The number of anilines is 2. The monoisotopic (exact) mass is 283 g/mol. The summed E-state index contributed by atoms with van der Waals surface area (Å²) in [6, 6.07) is 0.0361. The molecule has 112 valence electrons. The molecule has 0 radical (unpaired) electrons. The molecule has 0 aliphatic carbocycles. The van der Waals surface area contributed by atoms with Gasteiger partial charge in [-0.25, -0.2) is 4.79 Å². The van der Waals surface area contributed by atoms with E-state index in [9.17, 15) is 9.59 Å². The lowest BCUT2D eigenvalue weighted by molar-refractivity contribution is 0.0368. The van der Waals surface area contributed by atoms with Gasteiger partial charge in [0.1, 0.15) is 11.5 Å². The van der Waals surface area contributed by atoms with Crippen LogP contribution in [0.1, 0.15) is 6.92 Å². The Morgan fingerprint density at radius 3 is 2.70 bits per heavy atom. The molecule has 1 aromatic rings. The molecule has 1 saturated heterocycles. The minimum atomic E-state index is -0.515. The predicted octanol–water partition coefficient (Wildman–Crippen LogP) is -1.21. The Bertz CT molecular complexity index is 573. The number of hydrogen-bond donors (Lipinski definition) is 3. The van der Waals surface area contributed by atoms with E-state index in [1.54, 1.807) is 0 Å². The number of aromatic nitrogens is 2. The van der Waals surface area contributed by atoms with Gasteiger partial charge in [0.05, 0.1) is 13.2 Å². The maximum absolute atomic E-state index is 11.8. The van der Waals surface area contributed by atoms with Gasteiger partial charge in [0.2, 0.25) is 0 Å². The molecule has 4 N–H and O–H groups in total. The van der Waals surface area contributed by atoms with Crippen LogP contribution < -0.4 is 22.3 Å². The molecule has 8 nitrogen and oxygen atoms in total. The minimum Gasteiger partial charge on any atom is -0.383 e. The molecule has 0 aromatic carbocycles. The Kier molecular flexibility index (Phi) is 4.46. The Morgan fingerprint density at radius 2 is 2.05 bits per heavy atom. The maximum Gasteiger partial charge on any atom is 0.329 e. The Hall–Kier alpha value is -1.80. The maximum atomic E-state index is 11.8. The molecule has 1 aliphatic rings. The number of hydrogen-bond acceptors (Lipinski definition) is 6. The number of nitrogens with one attached hydrogen (secondary N) is 2. The van der Waals surface area contributed by atoms with Crippen molar-refractivity contribution in [2.24, 2.45) is 7.05 Å². The number of morpholine rings is 1. The zero-order chi connectivity index (χ0) is 14.7. The third kappa shape index (κ3) is 3.20. The van der Waals surface area contributed by atoms with Gasteiger partial charge in [-0.05, 0) is 6.92 Å². The molecule has 1 unspecified atom stereocenters. The molecule has 1 atom stereocenters. The molecular weight excluding hydrogens is 262 g/mol. The summed E-state index contributed by atoms with van der Waals surface area (Å²) < 4.78 is 6.51. The SMILES string of the molecule is CC(CN1CCOCC1)Nc1c(N)n(C)c(=O)[nH]c1=O. The van der Waals surface area contributed by atoms with Gasteiger partial charge in [-0.1, -0.05) is 0 Å². The van der Waals surface area contributed by atoms with Crippen LogP contribution in [0.4, 0.5) is 11.5 Å². The Morgan fingerprint density at radius 1 is 1.40 bits per heavy atom. The van der Waals surface area contributed by atoms with Crippen LogP contribution in [0.3, 0.4) is 0 Å². The van der Waals surface area contributed by atoms with Crippen molar-refractivity contribution in [1.29, 1.82) is 0 Å². The van der Waals surface area contributed by atoms with Crippen LogP contribution in [0.15, 0.2) is 9.59 Å². The molecule has 0 spiro atoms. The van der Waals surface area contributed by atoms with E-state index in [2.05, 4.69) is 15.2 Å². The topological polar surface area (TPSA) is 105 Å². The molecule has 1 fully saturated rings. The van der Waals surface area contributed by atoms with Crippen LogP contribution in [0.5, 0.6) is 0 Å². The zero-order valence-corrected chi connectivity index (χ0v) is 11.8. The molecular formula is C12H21N5O3. The smallest absolute Gasteiger partial charge is 0.329 e. The van der Waals surface area contributed by atoms with Gasteiger partial charge >= 0.3 is 5.69 Å². The van der Waals surface area contributed by atoms with E-state index < -0.39 is 11.2 Å². The van der Waals surface area contributed by atoms with E-state index >= 15 is 0 Å². The highest BCUT2D eigenvalue weighted by molar-refractivity contribution is 5.60. The molecule has 8 heteroatoms. The lowest BCUT2D eigenvalue weighted by atomic mass is 10.2. The van der Waals surface area contributed by atoms with Crippen LogP contribution >= 0.6 is 0 Å². The van der Waals surface area contributed by atoms with Crippen LogP contribution in [0.2, 0.25) is 0 Å². The fourth-order valence-corrected chi connectivity index (χ4v) is 2.24. The van der Waals surface area contributed by atoms with Gasteiger partial charge in [0.25, 0.3) is 5.56 Å². The Labute approximate surface area is 116 Å². The number of nitrogens with zero attached hydrogens (tertiary/aromatic N) is 2. The Balaban J connectivity index is 2.07. The van der Waals surface area contributed by atoms with Crippen molar-refractivity contribution in [1.82, 2.24) is 14.5 Å². The number of nitrogen functional groups attached to an aromatic ring is 1. The second-order valence-corrected chi connectivity index (χ2v) is 5.04. The number of nitrogens with two attached hydrogens (primary N) is 1. The zero-order valence-electron chi connectivity index (χ0n) is 11.8. The van der Waals surface area contributed by atoms with E-state index in [1.165, 1.54) is 11.6 Å². The fourth-order valence-electron chi connectivity index (χ4n) is 2.24. The summed E-state index contributed by atoms with van der Waals surface area (Å²) in [4.78, 5) is 27.7. The number of ether oxygens (including phenoxy) is 1. The van der Waals surface area contributed by atoms with Gasteiger partial charge < -0.3 is 15.8 Å². The van der Waals surface area contributed by atoms with Crippen molar-refractivity contribution >= 4 is 11.5 Å². The first kappa shape index (κ1) is 14.6. The number of aromatic amines is 1. The summed E-state index contributed by atoms with van der Waals surface area (Å²) in [5.74, 6) is 0.146. The highest BCUT2D eigenvalue weighted by Gasteiger charge is 2.16. The van der Waals surface area contributed by atoms with Crippen molar-refractivity contribution in [3.8, 4) is 0 Å². The van der Waals surface area contributed by atoms with Crippen LogP contribution in [0.25, 0.3) is 0 Å². The van der Waals surface area contributed by atoms with Crippen LogP contribution in [0, 0.1) is 0 Å². The largest absolute Gasteiger partial charge is 0.383 e. The highest BCUT2D eigenvalue weighted by atomic mass is 16.5. The predicted molar refractivity (Wildman–Crippen MR) is 77.1 cm³/mol. The third-order valence-corrected chi connectivity index (χ3v) is 3.40. The van der Waals surface area contributed by atoms with E-state index in [0.717, 1.165) is 32.8 Å². The normalized spacial score (nSPS) is 17.9. The number of H-pyrrole nitrogens is 1. The molecule has 1 aromatic heterocycles. The van der Waals surface area contributed by atoms with Crippen molar-refractivity contribution in [3.63, 3.8) is 0 Å². The van der Waals surface area contributed by atoms with Crippen molar-refractivity contribution in [3.05, 3.63) is 20.8 Å². The van der Waals surface area contributed by atoms with E-state index in [-0.39, 0.29) is 17.5 Å². The lowest BCUT2D eigenvalue weighted by Crippen LogP contribution is -2.43. The summed E-state index contributed by atoms with van der Waals surface area (Å²) >= 11 is 0. The van der Waals surface area contributed by atoms with Gasteiger partial charge in [0, 0.05) is 32.7 Å². The van der Waals surface area contributed by atoms with E-state index in [1.807, 2.05) is 6.92 Å². The standard InChI is InChI=1S/C12H21N5O3/c1-8(7-17-3-5-20-6-4-17)14-9-10(13)16(2)12(19)15-11(9)18/h8,14H,3-7,13H2,1-2H3,(H,15,18,19). The summed E-state index contributed by atoms with van der Waals surface area (Å²) in [6.07, 6.45) is 0. The van der Waals surface area contributed by atoms with Gasteiger partial charge in [-0.15, -0.1) is 0 Å². The quantitative estimate of drug-likeness (QED) is 0.640. The first-order valence-corrected chi connectivity index (χ1v) is 6.64. The fraction of sp³-hybridized carbons (Fsp3) is 0.667. The first-order valence-electron chi connectivity index (χ1n) is 6.64. The van der Waals surface area contributed by atoms with Gasteiger partial charge in [-0.3, -0.25) is 19.2 Å². The molecule has 0 bridgehead atoms. The molecule has 0 saturated carbocycles. The molecule has 1 aliphatic heterocycles. The van der Waals surface area contributed by atoms with Crippen molar-refractivity contribution in [2.45, 2.75) is 13.0 Å². The molecule has 0 amide bonds. The molecule has 2 heterocycles. The van der Waals surface area contributed by atoms with E-state index in [0.29, 0.717) is 0 Å². The first-order chi connectivity index (χ1) is 9.49. The minimum absolute atomic E-state index is 0.0361. The summed E-state index contributed by atoms with van der Waals surface area (Å²) in [5, 5.41) is 3.08.